The van der Waals surface area contributed by atoms with E-state index in [1.165, 1.54) is 0 Å². The molecule has 14 heavy (non-hydrogen) atoms. The van der Waals surface area contributed by atoms with Crippen LogP contribution in [0, 0.1) is 11.3 Å². The average Bonchev–Trinajstić information content (AvgIpc) is 2.59. The van der Waals surface area contributed by atoms with Gasteiger partial charge < -0.3 is 10.1 Å². The largest absolute Gasteiger partial charge is 0.389 e. The number of hydrogen-bond donors (Lipinski definition) is 2. The lowest BCUT2D eigenvalue weighted by atomic mass is 10.1. The zero-order valence-corrected chi connectivity index (χ0v) is 7.78. The van der Waals surface area contributed by atoms with E-state index >= 15 is 0 Å². The maximum absolute atomic E-state index is 9.45. The first-order chi connectivity index (χ1) is 6.72. The fourth-order valence-electron chi connectivity index (χ4n) is 1.56. The minimum Gasteiger partial charge on any atom is -0.389 e. The zero-order chi connectivity index (χ0) is 10.1. The minimum absolute atomic E-state index is 0.489. The second kappa shape index (κ2) is 3.17. The highest BCUT2D eigenvalue weighted by Gasteiger charge is 2.08. The Labute approximate surface area is 81.6 Å². The number of nitriles is 1. The lowest BCUT2D eigenvalue weighted by Crippen LogP contribution is -1.87. The van der Waals surface area contributed by atoms with Gasteiger partial charge in [-0.1, -0.05) is 6.07 Å². The summed E-state index contributed by atoms with van der Waals surface area (Å²) < 4.78 is 0. The Morgan fingerprint density at radius 1 is 1.50 bits per heavy atom. The fraction of sp³-hybridized carbons (Fsp3) is 0.182. The first-order valence-corrected chi connectivity index (χ1v) is 4.41. The summed E-state index contributed by atoms with van der Waals surface area (Å²) in [6, 6.07) is 7.46. The number of H-pyrrole nitrogens is 1. The van der Waals surface area contributed by atoms with Crippen molar-refractivity contribution >= 4 is 10.9 Å². The number of aromatic nitrogens is 1. The third-order valence-corrected chi connectivity index (χ3v) is 2.29. The Kier molecular flexibility index (Phi) is 1.99. The SMILES string of the molecule is C[C@@H](O)c1c[nH]c2cc(C#N)ccc12. The standard InChI is InChI=1S/C11H10N2O/c1-7(14)10-6-13-11-4-8(5-12)2-3-9(10)11/h2-4,6-7,13-14H,1H3/t7-/m1/s1. The van der Waals surface area contributed by atoms with E-state index in [-0.39, 0.29) is 0 Å². The van der Waals surface area contributed by atoms with Gasteiger partial charge >= 0.3 is 0 Å². The van der Waals surface area contributed by atoms with E-state index in [0.717, 1.165) is 16.5 Å². The molecule has 0 aliphatic carbocycles. The van der Waals surface area contributed by atoms with Crippen molar-refractivity contribution in [1.82, 2.24) is 4.98 Å². The molecule has 1 aromatic heterocycles. The maximum Gasteiger partial charge on any atom is 0.0992 e. The van der Waals surface area contributed by atoms with Crippen molar-refractivity contribution in [2.24, 2.45) is 0 Å². The molecular weight excluding hydrogens is 176 g/mol. The van der Waals surface area contributed by atoms with Crippen LogP contribution in [0.5, 0.6) is 0 Å². The van der Waals surface area contributed by atoms with Gasteiger partial charge in [0.15, 0.2) is 0 Å². The molecule has 1 heterocycles. The van der Waals surface area contributed by atoms with Crippen molar-refractivity contribution < 1.29 is 5.11 Å². The highest BCUT2D eigenvalue weighted by molar-refractivity contribution is 5.84. The Morgan fingerprint density at radius 3 is 2.93 bits per heavy atom. The van der Waals surface area contributed by atoms with E-state index in [1.54, 1.807) is 25.3 Å². The molecule has 0 unspecified atom stereocenters. The third kappa shape index (κ3) is 1.26. The van der Waals surface area contributed by atoms with Crippen molar-refractivity contribution in [3.63, 3.8) is 0 Å². The molecule has 0 spiro atoms. The summed E-state index contributed by atoms with van der Waals surface area (Å²) in [6.45, 7) is 1.72. The number of nitrogens with one attached hydrogen (secondary N) is 1. The summed E-state index contributed by atoms with van der Waals surface area (Å²) in [5.41, 5.74) is 2.38. The Bertz CT molecular complexity index is 505. The quantitative estimate of drug-likeness (QED) is 0.716. The Balaban J connectivity index is 2.67. The summed E-state index contributed by atoms with van der Waals surface area (Å²) in [6.07, 6.45) is 1.29. The number of nitrogens with zero attached hydrogens (tertiary/aromatic N) is 1. The molecule has 2 aromatic rings. The van der Waals surface area contributed by atoms with E-state index in [4.69, 9.17) is 5.26 Å². The van der Waals surface area contributed by atoms with Gasteiger partial charge in [-0.25, -0.2) is 0 Å². The molecular formula is C11H10N2O. The van der Waals surface area contributed by atoms with Crippen LogP contribution in [0.15, 0.2) is 24.4 Å². The minimum atomic E-state index is -0.489. The van der Waals surface area contributed by atoms with Crippen LogP contribution in [0.25, 0.3) is 10.9 Å². The molecule has 0 radical (unpaired) electrons. The number of aromatic amines is 1. The van der Waals surface area contributed by atoms with Crippen LogP contribution in [-0.2, 0) is 0 Å². The van der Waals surface area contributed by atoms with E-state index in [0.29, 0.717) is 5.56 Å². The second-order valence-electron chi connectivity index (χ2n) is 3.29. The van der Waals surface area contributed by atoms with Gasteiger partial charge in [0, 0.05) is 22.7 Å². The van der Waals surface area contributed by atoms with Crippen LogP contribution >= 0.6 is 0 Å². The Morgan fingerprint density at radius 2 is 2.29 bits per heavy atom. The number of hydrogen-bond acceptors (Lipinski definition) is 2. The van der Waals surface area contributed by atoms with Crippen LogP contribution in [-0.4, -0.2) is 10.1 Å². The van der Waals surface area contributed by atoms with Gasteiger partial charge in [0.25, 0.3) is 0 Å². The predicted molar refractivity (Wildman–Crippen MR) is 53.6 cm³/mol. The van der Waals surface area contributed by atoms with Crippen LogP contribution < -0.4 is 0 Å². The number of aliphatic hydroxyl groups is 1. The zero-order valence-electron chi connectivity index (χ0n) is 7.78. The molecule has 0 amide bonds. The van der Waals surface area contributed by atoms with Gasteiger partial charge in [0.05, 0.1) is 17.7 Å². The second-order valence-corrected chi connectivity index (χ2v) is 3.29. The molecule has 0 aliphatic heterocycles. The molecule has 0 saturated carbocycles. The van der Waals surface area contributed by atoms with Crippen LogP contribution in [0.3, 0.4) is 0 Å². The van der Waals surface area contributed by atoms with Crippen molar-refractivity contribution in [3.05, 3.63) is 35.5 Å². The van der Waals surface area contributed by atoms with Gasteiger partial charge in [0.1, 0.15) is 0 Å². The molecule has 2 N–H and O–H groups in total. The van der Waals surface area contributed by atoms with E-state index in [2.05, 4.69) is 11.1 Å². The molecule has 3 nitrogen and oxygen atoms in total. The van der Waals surface area contributed by atoms with Gasteiger partial charge in [-0.15, -0.1) is 0 Å². The maximum atomic E-state index is 9.45. The van der Waals surface area contributed by atoms with Crippen LogP contribution in [0.1, 0.15) is 24.2 Å². The summed E-state index contributed by atoms with van der Waals surface area (Å²) in [4.78, 5) is 3.03. The molecule has 1 aromatic carbocycles. The van der Waals surface area contributed by atoms with E-state index in [1.807, 2.05) is 6.07 Å². The van der Waals surface area contributed by atoms with Gasteiger partial charge in [-0.05, 0) is 19.1 Å². The van der Waals surface area contributed by atoms with Gasteiger partial charge in [-0.3, -0.25) is 0 Å². The molecule has 1 atom stereocenters. The highest BCUT2D eigenvalue weighted by atomic mass is 16.3. The first-order valence-electron chi connectivity index (χ1n) is 4.41. The highest BCUT2D eigenvalue weighted by Crippen LogP contribution is 2.24. The van der Waals surface area contributed by atoms with Crippen LogP contribution in [0.4, 0.5) is 0 Å². The van der Waals surface area contributed by atoms with Crippen molar-refractivity contribution in [3.8, 4) is 6.07 Å². The van der Waals surface area contributed by atoms with Crippen molar-refractivity contribution in [2.45, 2.75) is 13.0 Å². The molecule has 0 fully saturated rings. The van der Waals surface area contributed by atoms with Gasteiger partial charge in [0.2, 0.25) is 0 Å². The van der Waals surface area contributed by atoms with Crippen molar-refractivity contribution in [2.75, 3.05) is 0 Å². The van der Waals surface area contributed by atoms with Crippen molar-refractivity contribution in [1.29, 1.82) is 5.26 Å². The summed E-state index contributed by atoms with van der Waals surface area (Å²) >= 11 is 0. The summed E-state index contributed by atoms with van der Waals surface area (Å²) in [5, 5.41) is 19.1. The topological polar surface area (TPSA) is 59.8 Å². The lowest BCUT2D eigenvalue weighted by molar-refractivity contribution is 0.201. The van der Waals surface area contributed by atoms with Gasteiger partial charge in [-0.2, -0.15) is 5.26 Å². The number of benzene rings is 1. The number of fused-ring (bicyclic) bond motifs is 1. The number of aliphatic hydroxyl groups excluding tert-OH is 1. The predicted octanol–water partition coefficient (Wildman–Crippen LogP) is 2.09. The molecule has 0 aliphatic rings. The average molecular weight is 186 g/mol. The summed E-state index contributed by atoms with van der Waals surface area (Å²) in [5.74, 6) is 0. The van der Waals surface area contributed by atoms with Crippen LogP contribution in [0.2, 0.25) is 0 Å². The van der Waals surface area contributed by atoms with E-state index < -0.39 is 6.10 Å². The molecule has 3 heteroatoms. The monoisotopic (exact) mass is 186 g/mol. The third-order valence-electron chi connectivity index (χ3n) is 2.29. The Hall–Kier alpha value is -1.79. The van der Waals surface area contributed by atoms with E-state index in [9.17, 15) is 5.11 Å². The lowest BCUT2D eigenvalue weighted by Gasteiger charge is -2.00. The number of rotatable bonds is 1. The smallest absolute Gasteiger partial charge is 0.0992 e. The normalized spacial score (nSPS) is 12.6. The first kappa shape index (κ1) is 8.79. The molecule has 70 valence electrons. The molecule has 2 rings (SSSR count). The summed E-state index contributed by atoms with van der Waals surface area (Å²) in [7, 11) is 0. The molecule has 0 bridgehead atoms. The fourth-order valence-corrected chi connectivity index (χ4v) is 1.56. The molecule has 0 saturated heterocycles.